The molecule has 0 amide bonds. The third-order valence-corrected chi connectivity index (χ3v) is 2.44. The van der Waals surface area contributed by atoms with Gasteiger partial charge in [0.2, 0.25) is 0 Å². The highest BCUT2D eigenvalue weighted by Gasteiger charge is 2.11. The summed E-state index contributed by atoms with van der Waals surface area (Å²) in [6.07, 6.45) is 0.702. The summed E-state index contributed by atoms with van der Waals surface area (Å²) in [7, 11) is 0. The van der Waals surface area contributed by atoms with Crippen LogP contribution in [0.1, 0.15) is 22.6 Å². The summed E-state index contributed by atoms with van der Waals surface area (Å²) in [5, 5.41) is 13.1. The van der Waals surface area contributed by atoms with Crippen LogP contribution in [0.15, 0.2) is 34.9 Å². The molecule has 0 saturated heterocycles. The Kier molecular flexibility index (Phi) is 2.83. The van der Waals surface area contributed by atoms with Gasteiger partial charge in [0, 0.05) is 12.0 Å². The molecule has 1 heterocycles. The van der Waals surface area contributed by atoms with Crippen molar-refractivity contribution < 1.29 is 9.63 Å². The normalized spacial score (nSPS) is 10.5. The number of benzene rings is 1. The Morgan fingerprint density at radius 3 is 2.67 bits per heavy atom. The molecule has 0 fully saturated rings. The molecule has 1 N–H and O–H groups in total. The van der Waals surface area contributed by atoms with Crippen LogP contribution in [-0.4, -0.2) is 10.3 Å². The second-order valence-corrected chi connectivity index (χ2v) is 3.48. The second-order valence-electron chi connectivity index (χ2n) is 3.48. The van der Waals surface area contributed by atoms with Gasteiger partial charge in [-0.1, -0.05) is 35.5 Å². The maximum absolute atomic E-state index is 9.17. The highest BCUT2D eigenvalue weighted by atomic mass is 16.5. The Bertz CT molecular complexity index is 434. The zero-order valence-corrected chi connectivity index (χ0v) is 8.60. The molecule has 0 atom stereocenters. The molecule has 0 saturated carbocycles. The van der Waals surface area contributed by atoms with Crippen LogP contribution >= 0.6 is 0 Å². The number of hydrogen-bond donors (Lipinski definition) is 1. The molecule has 0 aliphatic rings. The molecular weight excluding hydrogens is 190 g/mol. The second kappa shape index (κ2) is 4.28. The summed E-state index contributed by atoms with van der Waals surface area (Å²) in [6, 6.07) is 10.0. The molecule has 3 nitrogen and oxygen atoms in total. The average Bonchev–Trinajstić information content (AvgIpc) is 2.61. The Balaban J connectivity index is 2.25. The number of aliphatic hydroxyl groups excluding tert-OH is 1. The number of rotatable bonds is 3. The van der Waals surface area contributed by atoms with Gasteiger partial charge < -0.3 is 9.63 Å². The molecule has 0 bridgehead atoms. The van der Waals surface area contributed by atoms with Gasteiger partial charge in [-0.05, 0) is 12.5 Å². The standard InChI is InChI=1S/C12H13NO2/c1-9-11(8-14)12(13-15-9)7-10-5-3-2-4-6-10/h2-6,14H,7-8H2,1H3. The minimum Gasteiger partial charge on any atom is -0.391 e. The molecule has 78 valence electrons. The third kappa shape index (κ3) is 2.07. The Morgan fingerprint density at radius 1 is 1.27 bits per heavy atom. The fourth-order valence-corrected chi connectivity index (χ4v) is 1.57. The molecule has 0 spiro atoms. The summed E-state index contributed by atoms with van der Waals surface area (Å²) < 4.78 is 5.05. The van der Waals surface area contributed by atoms with E-state index in [1.165, 1.54) is 5.56 Å². The third-order valence-electron chi connectivity index (χ3n) is 2.44. The zero-order valence-electron chi connectivity index (χ0n) is 8.60. The van der Waals surface area contributed by atoms with Crippen molar-refractivity contribution in [3.8, 4) is 0 Å². The van der Waals surface area contributed by atoms with E-state index in [4.69, 9.17) is 9.63 Å². The molecule has 2 aromatic rings. The first-order valence-corrected chi connectivity index (χ1v) is 4.90. The Morgan fingerprint density at radius 2 is 2.00 bits per heavy atom. The van der Waals surface area contributed by atoms with E-state index in [9.17, 15) is 0 Å². The van der Waals surface area contributed by atoms with E-state index in [1.54, 1.807) is 0 Å². The van der Waals surface area contributed by atoms with E-state index >= 15 is 0 Å². The molecule has 0 aliphatic heterocycles. The number of aryl methyl sites for hydroxylation is 1. The molecule has 15 heavy (non-hydrogen) atoms. The number of aliphatic hydroxyl groups is 1. The van der Waals surface area contributed by atoms with Crippen molar-refractivity contribution in [1.82, 2.24) is 5.16 Å². The van der Waals surface area contributed by atoms with Crippen molar-refractivity contribution in [1.29, 1.82) is 0 Å². The van der Waals surface area contributed by atoms with Crippen LogP contribution in [0.25, 0.3) is 0 Å². The van der Waals surface area contributed by atoms with Gasteiger partial charge in [0.15, 0.2) is 0 Å². The van der Waals surface area contributed by atoms with Crippen molar-refractivity contribution in [3.05, 3.63) is 52.9 Å². The van der Waals surface area contributed by atoms with Gasteiger partial charge in [-0.3, -0.25) is 0 Å². The van der Waals surface area contributed by atoms with Crippen LogP contribution in [0.5, 0.6) is 0 Å². The molecule has 0 unspecified atom stereocenters. The van der Waals surface area contributed by atoms with E-state index in [2.05, 4.69) is 5.16 Å². The van der Waals surface area contributed by atoms with Crippen LogP contribution in [0.4, 0.5) is 0 Å². The van der Waals surface area contributed by atoms with Crippen molar-refractivity contribution in [2.24, 2.45) is 0 Å². The first kappa shape index (κ1) is 9.93. The maximum atomic E-state index is 9.17. The molecule has 0 aliphatic carbocycles. The molecule has 0 radical (unpaired) electrons. The van der Waals surface area contributed by atoms with E-state index < -0.39 is 0 Å². The van der Waals surface area contributed by atoms with Gasteiger partial charge in [-0.25, -0.2) is 0 Å². The lowest BCUT2D eigenvalue weighted by Gasteiger charge is -1.99. The Hall–Kier alpha value is -1.61. The van der Waals surface area contributed by atoms with Gasteiger partial charge in [0.25, 0.3) is 0 Å². The van der Waals surface area contributed by atoms with Crippen molar-refractivity contribution in [2.75, 3.05) is 0 Å². The van der Waals surface area contributed by atoms with E-state index in [1.807, 2.05) is 37.3 Å². The van der Waals surface area contributed by atoms with E-state index in [0.29, 0.717) is 12.2 Å². The quantitative estimate of drug-likeness (QED) is 0.830. The van der Waals surface area contributed by atoms with Crippen LogP contribution in [0.2, 0.25) is 0 Å². The minimum absolute atomic E-state index is 0.0164. The summed E-state index contributed by atoms with van der Waals surface area (Å²) in [5.74, 6) is 0.698. The lowest BCUT2D eigenvalue weighted by atomic mass is 10.1. The van der Waals surface area contributed by atoms with Gasteiger partial charge >= 0.3 is 0 Å². The van der Waals surface area contributed by atoms with Gasteiger partial charge in [0.1, 0.15) is 5.76 Å². The van der Waals surface area contributed by atoms with Crippen LogP contribution < -0.4 is 0 Å². The lowest BCUT2D eigenvalue weighted by Crippen LogP contribution is -1.94. The fourth-order valence-electron chi connectivity index (χ4n) is 1.57. The first-order chi connectivity index (χ1) is 7.31. The van der Waals surface area contributed by atoms with Crippen molar-refractivity contribution in [2.45, 2.75) is 20.0 Å². The topological polar surface area (TPSA) is 46.3 Å². The lowest BCUT2D eigenvalue weighted by molar-refractivity contribution is 0.278. The number of hydrogen-bond acceptors (Lipinski definition) is 3. The molecule has 2 rings (SSSR count). The Labute approximate surface area is 88.3 Å². The fraction of sp³-hybridized carbons (Fsp3) is 0.250. The predicted molar refractivity (Wildman–Crippen MR) is 56.4 cm³/mol. The molecule has 1 aromatic heterocycles. The smallest absolute Gasteiger partial charge is 0.139 e. The summed E-state index contributed by atoms with van der Waals surface area (Å²) in [4.78, 5) is 0. The van der Waals surface area contributed by atoms with Gasteiger partial charge in [-0.15, -0.1) is 0 Å². The van der Waals surface area contributed by atoms with Crippen LogP contribution in [0, 0.1) is 6.92 Å². The maximum Gasteiger partial charge on any atom is 0.139 e. The van der Waals surface area contributed by atoms with Crippen molar-refractivity contribution >= 4 is 0 Å². The summed E-state index contributed by atoms with van der Waals surface area (Å²) in [5.41, 5.74) is 2.79. The number of nitrogens with zero attached hydrogens (tertiary/aromatic N) is 1. The SMILES string of the molecule is Cc1onc(Cc2ccccc2)c1CO. The monoisotopic (exact) mass is 203 g/mol. The largest absolute Gasteiger partial charge is 0.391 e. The predicted octanol–water partition coefficient (Wildman–Crippen LogP) is 2.07. The van der Waals surface area contributed by atoms with Crippen LogP contribution in [-0.2, 0) is 13.0 Å². The van der Waals surface area contributed by atoms with Gasteiger partial charge in [0.05, 0.1) is 12.3 Å². The number of aromatic nitrogens is 1. The average molecular weight is 203 g/mol. The minimum atomic E-state index is -0.0164. The van der Waals surface area contributed by atoms with E-state index in [0.717, 1.165) is 11.3 Å². The first-order valence-electron chi connectivity index (χ1n) is 4.90. The highest BCUT2D eigenvalue weighted by molar-refractivity contribution is 5.28. The summed E-state index contributed by atoms with van der Waals surface area (Å²) >= 11 is 0. The van der Waals surface area contributed by atoms with E-state index in [-0.39, 0.29) is 6.61 Å². The molecule has 1 aromatic carbocycles. The van der Waals surface area contributed by atoms with Gasteiger partial charge in [-0.2, -0.15) is 0 Å². The molecule has 3 heteroatoms. The van der Waals surface area contributed by atoms with Crippen LogP contribution in [0.3, 0.4) is 0 Å². The van der Waals surface area contributed by atoms with Crippen molar-refractivity contribution in [3.63, 3.8) is 0 Å². The zero-order chi connectivity index (χ0) is 10.7. The molecular formula is C12H13NO2. The highest BCUT2D eigenvalue weighted by Crippen LogP contribution is 2.16. The summed E-state index contributed by atoms with van der Waals surface area (Å²) in [6.45, 7) is 1.80.